The Bertz CT molecular complexity index is 538. The van der Waals surface area contributed by atoms with E-state index in [9.17, 15) is 4.79 Å². The van der Waals surface area contributed by atoms with Crippen LogP contribution >= 0.6 is 11.6 Å². The first-order valence-corrected chi connectivity index (χ1v) is 5.95. The zero-order valence-electron chi connectivity index (χ0n) is 9.87. The number of anilines is 2. The number of carbonyl (C=O) groups excluding carboxylic acids is 1. The van der Waals surface area contributed by atoms with Crippen LogP contribution < -0.4 is 10.6 Å². The van der Waals surface area contributed by atoms with Gasteiger partial charge < -0.3 is 15.1 Å². The van der Waals surface area contributed by atoms with Crippen molar-refractivity contribution in [2.45, 2.75) is 6.92 Å². The van der Waals surface area contributed by atoms with Gasteiger partial charge in [-0.15, -0.1) is 0 Å². The van der Waals surface area contributed by atoms with E-state index < -0.39 is 0 Å². The van der Waals surface area contributed by atoms with E-state index in [1.54, 1.807) is 18.2 Å². The molecule has 2 rings (SSSR count). The molecule has 0 bridgehead atoms. The molecule has 2 N–H and O–H groups in total. The maximum absolute atomic E-state index is 11.9. The first-order chi connectivity index (χ1) is 8.70. The van der Waals surface area contributed by atoms with Gasteiger partial charge in [0.1, 0.15) is 6.26 Å². The zero-order chi connectivity index (χ0) is 13.0. The van der Waals surface area contributed by atoms with Crippen molar-refractivity contribution in [2.75, 3.05) is 17.2 Å². The number of hydrogen-bond donors (Lipinski definition) is 2. The van der Waals surface area contributed by atoms with E-state index >= 15 is 0 Å². The molecule has 0 unspecified atom stereocenters. The summed E-state index contributed by atoms with van der Waals surface area (Å²) in [5.74, 6) is -0.231. The molecule has 4 nitrogen and oxygen atoms in total. The van der Waals surface area contributed by atoms with Crippen LogP contribution in [-0.4, -0.2) is 12.5 Å². The van der Waals surface area contributed by atoms with Gasteiger partial charge in [0.05, 0.1) is 23.2 Å². The Morgan fingerprint density at radius 1 is 1.33 bits per heavy atom. The second-order valence-corrected chi connectivity index (χ2v) is 4.12. The third kappa shape index (κ3) is 2.84. The minimum Gasteiger partial charge on any atom is -0.472 e. The normalized spacial score (nSPS) is 10.1. The molecule has 1 heterocycles. The molecule has 5 heteroatoms. The van der Waals surface area contributed by atoms with Crippen LogP contribution in [0, 0.1) is 0 Å². The molecule has 0 aliphatic rings. The molecular formula is C13H13ClN2O2. The number of amides is 1. The topological polar surface area (TPSA) is 54.3 Å². The molecular weight excluding hydrogens is 252 g/mol. The fourth-order valence-corrected chi connectivity index (χ4v) is 1.72. The van der Waals surface area contributed by atoms with Crippen LogP contribution in [0.2, 0.25) is 5.02 Å². The fourth-order valence-electron chi connectivity index (χ4n) is 1.55. The Kier molecular flexibility index (Phi) is 3.89. The Balaban J connectivity index is 2.22. The van der Waals surface area contributed by atoms with Crippen LogP contribution in [0.1, 0.15) is 17.3 Å². The zero-order valence-corrected chi connectivity index (χ0v) is 10.6. The quantitative estimate of drug-likeness (QED) is 0.887. The SMILES string of the molecule is CCNc1ccc(Cl)cc1NC(=O)c1ccoc1. The third-order valence-electron chi connectivity index (χ3n) is 2.38. The monoisotopic (exact) mass is 264 g/mol. The summed E-state index contributed by atoms with van der Waals surface area (Å²) in [4.78, 5) is 11.9. The van der Waals surface area contributed by atoms with Gasteiger partial charge in [-0.1, -0.05) is 11.6 Å². The summed E-state index contributed by atoms with van der Waals surface area (Å²) in [6.07, 6.45) is 2.85. The van der Waals surface area contributed by atoms with E-state index in [1.807, 2.05) is 13.0 Å². The van der Waals surface area contributed by atoms with Gasteiger partial charge in [0.2, 0.25) is 0 Å². The van der Waals surface area contributed by atoms with E-state index in [0.29, 0.717) is 16.3 Å². The predicted octanol–water partition coefficient (Wildman–Crippen LogP) is 3.62. The lowest BCUT2D eigenvalue weighted by atomic mass is 10.2. The smallest absolute Gasteiger partial charge is 0.258 e. The van der Waals surface area contributed by atoms with Crippen LogP contribution in [0.5, 0.6) is 0 Å². The minimum atomic E-state index is -0.231. The molecule has 18 heavy (non-hydrogen) atoms. The largest absolute Gasteiger partial charge is 0.472 e. The number of nitrogens with one attached hydrogen (secondary N) is 2. The van der Waals surface area contributed by atoms with Gasteiger partial charge in [0.15, 0.2) is 0 Å². The number of rotatable bonds is 4. The van der Waals surface area contributed by atoms with E-state index in [0.717, 1.165) is 12.2 Å². The van der Waals surface area contributed by atoms with Gasteiger partial charge >= 0.3 is 0 Å². The summed E-state index contributed by atoms with van der Waals surface area (Å²) in [6.45, 7) is 2.74. The maximum Gasteiger partial charge on any atom is 0.258 e. The average Bonchev–Trinajstić information content (AvgIpc) is 2.86. The molecule has 94 valence electrons. The minimum absolute atomic E-state index is 0.231. The summed E-state index contributed by atoms with van der Waals surface area (Å²) in [5.41, 5.74) is 1.95. The number of furan rings is 1. The molecule has 0 saturated heterocycles. The van der Waals surface area contributed by atoms with E-state index in [-0.39, 0.29) is 5.91 Å². The van der Waals surface area contributed by atoms with Gasteiger partial charge in [-0.25, -0.2) is 0 Å². The Morgan fingerprint density at radius 3 is 2.83 bits per heavy atom. The predicted molar refractivity (Wildman–Crippen MR) is 72.3 cm³/mol. The van der Waals surface area contributed by atoms with Crippen LogP contribution in [0.25, 0.3) is 0 Å². The first-order valence-electron chi connectivity index (χ1n) is 5.57. The Labute approximate surface area is 110 Å². The summed E-state index contributed by atoms with van der Waals surface area (Å²) in [5, 5.41) is 6.52. The van der Waals surface area contributed by atoms with Gasteiger partial charge in [0, 0.05) is 11.6 Å². The summed E-state index contributed by atoms with van der Waals surface area (Å²) in [6, 6.07) is 6.91. The maximum atomic E-state index is 11.9. The van der Waals surface area contributed by atoms with Crippen molar-refractivity contribution in [3.8, 4) is 0 Å². The molecule has 1 aromatic heterocycles. The number of benzene rings is 1. The van der Waals surface area contributed by atoms with Crippen LogP contribution in [0.3, 0.4) is 0 Å². The highest BCUT2D eigenvalue weighted by molar-refractivity contribution is 6.31. The summed E-state index contributed by atoms with van der Waals surface area (Å²) in [7, 11) is 0. The van der Waals surface area contributed by atoms with Crippen molar-refractivity contribution in [1.29, 1.82) is 0 Å². The van der Waals surface area contributed by atoms with Crippen LogP contribution in [0.4, 0.5) is 11.4 Å². The van der Waals surface area contributed by atoms with Gasteiger partial charge in [-0.2, -0.15) is 0 Å². The van der Waals surface area contributed by atoms with Crippen molar-refractivity contribution in [2.24, 2.45) is 0 Å². The molecule has 1 amide bonds. The highest BCUT2D eigenvalue weighted by Gasteiger charge is 2.10. The molecule has 1 aromatic carbocycles. The van der Waals surface area contributed by atoms with Crippen molar-refractivity contribution >= 4 is 28.9 Å². The standard InChI is InChI=1S/C13H13ClN2O2/c1-2-15-11-4-3-10(14)7-12(11)16-13(17)9-5-6-18-8-9/h3-8,15H,2H2,1H3,(H,16,17). The van der Waals surface area contributed by atoms with Crippen LogP contribution in [-0.2, 0) is 0 Å². The van der Waals surface area contributed by atoms with E-state index in [1.165, 1.54) is 12.5 Å². The summed E-state index contributed by atoms with van der Waals surface area (Å²) < 4.78 is 4.87. The summed E-state index contributed by atoms with van der Waals surface area (Å²) >= 11 is 5.93. The Hall–Kier alpha value is -1.94. The lowest BCUT2D eigenvalue weighted by Gasteiger charge is -2.11. The number of carbonyl (C=O) groups is 1. The van der Waals surface area contributed by atoms with Crippen molar-refractivity contribution in [3.63, 3.8) is 0 Å². The third-order valence-corrected chi connectivity index (χ3v) is 2.62. The molecule has 0 radical (unpaired) electrons. The van der Waals surface area contributed by atoms with Crippen molar-refractivity contribution < 1.29 is 9.21 Å². The van der Waals surface area contributed by atoms with Gasteiger partial charge in [-0.3, -0.25) is 4.79 Å². The fraction of sp³-hybridized carbons (Fsp3) is 0.154. The lowest BCUT2D eigenvalue weighted by Crippen LogP contribution is -2.12. The highest BCUT2D eigenvalue weighted by atomic mass is 35.5. The lowest BCUT2D eigenvalue weighted by molar-refractivity contribution is 0.102. The number of halogens is 1. The molecule has 0 atom stereocenters. The second kappa shape index (κ2) is 5.60. The highest BCUT2D eigenvalue weighted by Crippen LogP contribution is 2.26. The van der Waals surface area contributed by atoms with Crippen LogP contribution in [0.15, 0.2) is 41.2 Å². The van der Waals surface area contributed by atoms with Crippen molar-refractivity contribution in [1.82, 2.24) is 0 Å². The Morgan fingerprint density at radius 2 is 2.17 bits per heavy atom. The second-order valence-electron chi connectivity index (χ2n) is 3.69. The van der Waals surface area contributed by atoms with Gasteiger partial charge in [0.25, 0.3) is 5.91 Å². The van der Waals surface area contributed by atoms with Crippen molar-refractivity contribution in [3.05, 3.63) is 47.4 Å². The molecule has 0 aliphatic heterocycles. The van der Waals surface area contributed by atoms with Gasteiger partial charge in [-0.05, 0) is 31.2 Å². The molecule has 0 aliphatic carbocycles. The molecule has 0 spiro atoms. The van der Waals surface area contributed by atoms with E-state index in [4.69, 9.17) is 16.0 Å². The first kappa shape index (κ1) is 12.5. The molecule has 0 fully saturated rings. The molecule has 0 saturated carbocycles. The van der Waals surface area contributed by atoms with E-state index in [2.05, 4.69) is 10.6 Å². The molecule has 2 aromatic rings. The average molecular weight is 265 g/mol. The number of hydrogen-bond acceptors (Lipinski definition) is 3.